The third-order valence-corrected chi connectivity index (χ3v) is 4.91. The van der Waals surface area contributed by atoms with Crippen LogP contribution in [0.3, 0.4) is 0 Å². The number of hydrogen-bond donors (Lipinski definition) is 1. The fraction of sp³-hybridized carbons (Fsp3) is 0.421. The standard InChI is InChI=1S/C19H21N5O4/c1-11(2)28-10-12-8-24(22-21-12)15-5-3-4-13-14(15)9-23(19(13)27)16-6-7-17(25)20-18(16)26/h3-5,8,11,16H,6-7,9-10H2,1-2H3,(H,20,25,26). The van der Waals surface area contributed by atoms with Gasteiger partial charge in [-0.2, -0.15) is 0 Å². The second-order valence-electron chi connectivity index (χ2n) is 7.22. The van der Waals surface area contributed by atoms with Crippen molar-refractivity contribution in [3.05, 3.63) is 41.2 Å². The Bertz CT molecular complexity index is 952. The van der Waals surface area contributed by atoms with Crippen molar-refractivity contribution in [3.8, 4) is 5.69 Å². The Kier molecular flexibility index (Phi) is 4.68. The predicted molar refractivity (Wildman–Crippen MR) is 97.3 cm³/mol. The molecular weight excluding hydrogens is 362 g/mol. The van der Waals surface area contributed by atoms with Gasteiger partial charge < -0.3 is 9.64 Å². The van der Waals surface area contributed by atoms with E-state index in [1.165, 1.54) is 4.90 Å². The Morgan fingerprint density at radius 1 is 1.29 bits per heavy atom. The van der Waals surface area contributed by atoms with E-state index in [-0.39, 0.29) is 30.9 Å². The molecule has 2 aromatic rings. The van der Waals surface area contributed by atoms with E-state index in [0.29, 0.717) is 24.3 Å². The van der Waals surface area contributed by atoms with Crippen molar-refractivity contribution < 1.29 is 19.1 Å². The Balaban J connectivity index is 1.60. The maximum atomic E-state index is 12.9. The minimum absolute atomic E-state index is 0.0887. The Hall–Kier alpha value is -3.07. The molecule has 2 aliphatic heterocycles. The zero-order valence-corrected chi connectivity index (χ0v) is 15.7. The van der Waals surface area contributed by atoms with Gasteiger partial charge in [0.2, 0.25) is 11.8 Å². The lowest BCUT2D eigenvalue weighted by Gasteiger charge is -2.29. The third kappa shape index (κ3) is 3.29. The predicted octanol–water partition coefficient (Wildman–Crippen LogP) is 0.953. The molecule has 0 bridgehead atoms. The maximum absolute atomic E-state index is 12.9. The highest BCUT2D eigenvalue weighted by Crippen LogP contribution is 2.31. The second-order valence-corrected chi connectivity index (χ2v) is 7.22. The smallest absolute Gasteiger partial charge is 0.255 e. The molecule has 0 spiro atoms. The molecule has 4 rings (SSSR count). The van der Waals surface area contributed by atoms with E-state index in [4.69, 9.17) is 4.74 Å². The minimum atomic E-state index is -0.642. The van der Waals surface area contributed by atoms with Crippen molar-refractivity contribution in [2.75, 3.05) is 0 Å². The Labute approximate surface area is 161 Å². The summed E-state index contributed by atoms with van der Waals surface area (Å²) in [4.78, 5) is 38.0. The van der Waals surface area contributed by atoms with Gasteiger partial charge in [-0.1, -0.05) is 11.3 Å². The molecule has 1 unspecified atom stereocenters. The van der Waals surface area contributed by atoms with Gasteiger partial charge in [0.25, 0.3) is 5.91 Å². The van der Waals surface area contributed by atoms with Crippen LogP contribution in [-0.4, -0.2) is 49.8 Å². The monoisotopic (exact) mass is 383 g/mol. The van der Waals surface area contributed by atoms with Gasteiger partial charge in [-0.15, -0.1) is 5.10 Å². The molecule has 1 saturated heterocycles. The molecule has 1 fully saturated rings. The summed E-state index contributed by atoms with van der Waals surface area (Å²) in [6.45, 7) is 4.54. The number of carbonyl (C=O) groups excluding carboxylic acids is 3. The number of aromatic nitrogens is 3. The summed E-state index contributed by atoms with van der Waals surface area (Å²) in [7, 11) is 0. The molecule has 3 amide bonds. The first-order valence-corrected chi connectivity index (χ1v) is 9.24. The van der Waals surface area contributed by atoms with Crippen LogP contribution in [0.4, 0.5) is 0 Å². The fourth-order valence-electron chi connectivity index (χ4n) is 3.52. The average Bonchev–Trinajstić information content (AvgIpc) is 3.25. The molecule has 1 atom stereocenters. The lowest BCUT2D eigenvalue weighted by Crippen LogP contribution is -2.52. The SMILES string of the molecule is CC(C)OCc1cn(-c2cccc3c2CN(C2CCC(=O)NC2=O)C3=O)nn1. The van der Waals surface area contributed by atoms with Crippen LogP contribution in [-0.2, 0) is 27.5 Å². The fourth-order valence-corrected chi connectivity index (χ4v) is 3.52. The number of amides is 3. The van der Waals surface area contributed by atoms with Gasteiger partial charge in [-0.25, -0.2) is 4.68 Å². The van der Waals surface area contributed by atoms with E-state index in [2.05, 4.69) is 15.6 Å². The van der Waals surface area contributed by atoms with Gasteiger partial charge in [0.05, 0.1) is 24.6 Å². The highest BCUT2D eigenvalue weighted by atomic mass is 16.5. The number of carbonyl (C=O) groups is 3. The zero-order chi connectivity index (χ0) is 19.8. The van der Waals surface area contributed by atoms with Crippen molar-refractivity contribution >= 4 is 17.7 Å². The second kappa shape index (κ2) is 7.16. The van der Waals surface area contributed by atoms with Crippen LogP contribution in [0, 0.1) is 0 Å². The van der Waals surface area contributed by atoms with Crippen LogP contribution in [0.1, 0.15) is 48.3 Å². The zero-order valence-electron chi connectivity index (χ0n) is 15.7. The van der Waals surface area contributed by atoms with Crippen molar-refractivity contribution in [1.82, 2.24) is 25.2 Å². The molecule has 0 saturated carbocycles. The maximum Gasteiger partial charge on any atom is 0.255 e. The molecule has 9 heteroatoms. The van der Waals surface area contributed by atoms with E-state index in [1.54, 1.807) is 23.0 Å². The van der Waals surface area contributed by atoms with Gasteiger partial charge in [0, 0.05) is 24.1 Å². The molecule has 1 aromatic heterocycles. The summed E-state index contributed by atoms with van der Waals surface area (Å²) in [5.74, 6) is -0.937. The largest absolute Gasteiger partial charge is 0.372 e. The van der Waals surface area contributed by atoms with Gasteiger partial charge in [-0.05, 0) is 32.4 Å². The average molecular weight is 383 g/mol. The molecular formula is C19H21N5O4. The van der Waals surface area contributed by atoms with E-state index < -0.39 is 11.9 Å². The summed E-state index contributed by atoms with van der Waals surface area (Å²) >= 11 is 0. The van der Waals surface area contributed by atoms with Crippen LogP contribution < -0.4 is 5.32 Å². The molecule has 1 N–H and O–H groups in total. The number of benzene rings is 1. The quantitative estimate of drug-likeness (QED) is 0.771. The third-order valence-electron chi connectivity index (χ3n) is 4.91. The lowest BCUT2D eigenvalue weighted by atomic mass is 10.0. The number of rotatable bonds is 5. The number of nitrogens with zero attached hydrogens (tertiary/aromatic N) is 4. The Morgan fingerprint density at radius 2 is 2.11 bits per heavy atom. The summed E-state index contributed by atoms with van der Waals surface area (Å²) in [5, 5.41) is 10.6. The highest BCUT2D eigenvalue weighted by Gasteiger charge is 2.40. The van der Waals surface area contributed by atoms with Crippen LogP contribution in [0.15, 0.2) is 24.4 Å². The number of ether oxygens (including phenoxy) is 1. The van der Waals surface area contributed by atoms with Crippen molar-refractivity contribution in [2.45, 2.75) is 52.0 Å². The summed E-state index contributed by atoms with van der Waals surface area (Å²) < 4.78 is 7.18. The summed E-state index contributed by atoms with van der Waals surface area (Å²) in [6.07, 6.45) is 2.42. The summed E-state index contributed by atoms with van der Waals surface area (Å²) in [5.41, 5.74) is 2.76. The molecule has 2 aliphatic rings. The van der Waals surface area contributed by atoms with Crippen LogP contribution in [0.2, 0.25) is 0 Å². The van der Waals surface area contributed by atoms with Gasteiger partial charge in [0.1, 0.15) is 11.7 Å². The first-order valence-electron chi connectivity index (χ1n) is 9.24. The highest BCUT2D eigenvalue weighted by molar-refractivity contribution is 6.05. The van der Waals surface area contributed by atoms with Crippen molar-refractivity contribution in [3.63, 3.8) is 0 Å². The van der Waals surface area contributed by atoms with Gasteiger partial charge in [0.15, 0.2) is 0 Å². The number of piperidine rings is 1. The van der Waals surface area contributed by atoms with E-state index in [0.717, 1.165) is 11.3 Å². The van der Waals surface area contributed by atoms with E-state index in [1.807, 2.05) is 19.9 Å². The normalized spacial score (nSPS) is 19.3. The molecule has 28 heavy (non-hydrogen) atoms. The first kappa shape index (κ1) is 18.3. The van der Waals surface area contributed by atoms with Crippen molar-refractivity contribution in [2.24, 2.45) is 0 Å². The molecule has 0 aliphatic carbocycles. The topological polar surface area (TPSA) is 106 Å². The number of imide groups is 1. The van der Waals surface area contributed by atoms with Gasteiger partial charge >= 0.3 is 0 Å². The lowest BCUT2D eigenvalue weighted by molar-refractivity contribution is -0.136. The van der Waals surface area contributed by atoms with Gasteiger partial charge in [-0.3, -0.25) is 19.7 Å². The number of nitrogens with one attached hydrogen (secondary N) is 1. The Morgan fingerprint density at radius 3 is 2.86 bits per heavy atom. The van der Waals surface area contributed by atoms with E-state index >= 15 is 0 Å². The molecule has 3 heterocycles. The van der Waals surface area contributed by atoms with Crippen LogP contribution >= 0.6 is 0 Å². The molecule has 146 valence electrons. The first-order chi connectivity index (χ1) is 13.4. The summed E-state index contributed by atoms with van der Waals surface area (Å²) in [6, 6.07) is 4.75. The number of hydrogen-bond acceptors (Lipinski definition) is 6. The molecule has 9 nitrogen and oxygen atoms in total. The molecule has 1 aromatic carbocycles. The van der Waals surface area contributed by atoms with Crippen LogP contribution in [0.5, 0.6) is 0 Å². The van der Waals surface area contributed by atoms with E-state index in [9.17, 15) is 14.4 Å². The van der Waals surface area contributed by atoms with Crippen molar-refractivity contribution in [1.29, 1.82) is 0 Å². The minimum Gasteiger partial charge on any atom is -0.372 e. The molecule has 0 radical (unpaired) electrons. The van der Waals surface area contributed by atoms with Crippen LogP contribution in [0.25, 0.3) is 5.69 Å². The number of fused-ring (bicyclic) bond motifs is 1.